The van der Waals surface area contributed by atoms with Crippen LogP contribution in [0.25, 0.3) is 0 Å². The third-order valence-electron chi connectivity index (χ3n) is 4.10. The van der Waals surface area contributed by atoms with Crippen molar-refractivity contribution in [1.82, 2.24) is 0 Å². The molecule has 0 aliphatic carbocycles. The smallest absolute Gasteiger partial charge is 0.313 e. The first kappa shape index (κ1) is 24.8. The van der Waals surface area contributed by atoms with Gasteiger partial charge in [-0.05, 0) is 23.0 Å². The fraction of sp³-hybridized carbons (Fsp3) is 0.650. The molecule has 0 aliphatic heterocycles. The normalized spacial score (nSPS) is 14.4. The number of ether oxygens (including phenoxy) is 1. The Morgan fingerprint density at radius 2 is 1.54 bits per heavy atom. The molecule has 0 bridgehead atoms. The number of likely N-dealkylation sites (N-methyl/N-ethyl adjacent to an activating group) is 1. The average Bonchev–Trinajstić information content (AvgIpc) is 2.52. The maximum absolute atomic E-state index is 12.3. The molecule has 7 nitrogen and oxygen atoms in total. The predicted octanol–water partition coefficient (Wildman–Crippen LogP) is 3.44. The first-order chi connectivity index (χ1) is 12.8. The largest absolute Gasteiger partial charge is 0.756 e. The monoisotopic (exact) mass is 415 g/mol. The molecule has 1 aromatic rings. The second-order valence-electron chi connectivity index (χ2n) is 8.43. The molecule has 1 unspecified atom stereocenters. The maximum atomic E-state index is 12.3. The number of quaternary nitrogens is 1. The van der Waals surface area contributed by atoms with Gasteiger partial charge in [0.1, 0.15) is 18.9 Å². The number of para-hydroxylation sites is 1. The van der Waals surface area contributed by atoms with Crippen molar-refractivity contribution in [3.05, 3.63) is 29.3 Å². The van der Waals surface area contributed by atoms with Crippen LogP contribution in [0.15, 0.2) is 18.2 Å². The van der Waals surface area contributed by atoms with E-state index in [4.69, 9.17) is 13.8 Å². The first-order valence-electron chi connectivity index (χ1n) is 9.56. The zero-order valence-electron chi connectivity index (χ0n) is 18.1. The molecule has 0 aliphatic rings. The Morgan fingerprint density at radius 1 is 1.04 bits per heavy atom. The fourth-order valence-corrected chi connectivity index (χ4v) is 3.16. The summed E-state index contributed by atoms with van der Waals surface area (Å²) in [5.74, 6) is 0.395. The molecule has 0 fully saturated rings. The van der Waals surface area contributed by atoms with Crippen molar-refractivity contribution in [3.63, 3.8) is 0 Å². The average molecular weight is 415 g/mol. The Hall–Kier alpha value is -1.24. The summed E-state index contributed by atoms with van der Waals surface area (Å²) in [6.07, 6.45) is -0.186. The van der Waals surface area contributed by atoms with E-state index in [1.807, 2.05) is 67.0 Å². The summed E-state index contributed by atoms with van der Waals surface area (Å²) >= 11 is 0. The number of carbonyl (C=O) groups excluding carboxylic acids is 1. The molecule has 0 aromatic heterocycles. The number of esters is 1. The van der Waals surface area contributed by atoms with Crippen LogP contribution in [0.3, 0.4) is 0 Å². The maximum Gasteiger partial charge on any atom is 0.313 e. The molecule has 28 heavy (non-hydrogen) atoms. The molecule has 1 rings (SSSR count). The molecule has 0 N–H and O–H groups in total. The molecule has 0 saturated heterocycles. The molecule has 0 spiro atoms. The predicted molar refractivity (Wildman–Crippen MR) is 107 cm³/mol. The van der Waals surface area contributed by atoms with Crippen molar-refractivity contribution in [2.75, 3.05) is 40.9 Å². The Morgan fingerprint density at radius 3 is 2.00 bits per heavy atom. The minimum Gasteiger partial charge on any atom is -0.756 e. The lowest BCUT2D eigenvalue weighted by Crippen LogP contribution is -2.37. The fourth-order valence-electron chi connectivity index (χ4n) is 2.47. The van der Waals surface area contributed by atoms with Crippen molar-refractivity contribution in [1.29, 1.82) is 0 Å². The summed E-state index contributed by atoms with van der Waals surface area (Å²) in [6.45, 7) is 8.34. The summed E-state index contributed by atoms with van der Waals surface area (Å²) in [6, 6.07) is 5.82. The van der Waals surface area contributed by atoms with Crippen LogP contribution in [0.1, 0.15) is 57.1 Å². The van der Waals surface area contributed by atoms with Crippen LogP contribution >= 0.6 is 7.82 Å². The molecule has 8 heteroatoms. The van der Waals surface area contributed by atoms with E-state index in [0.29, 0.717) is 16.8 Å². The number of phosphoric acid groups is 1. The van der Waals surface area contributed by atoms with E-state index in [9.17, 15) is 14.3 Å². The van der Waals surface area contributed by atoms with Gasteiger partial charge in [0.2, 0.25) is 0 Å². The van der Waals surface area contributed by atoms with E-state index in [-0.39, 0.29) is 31.5 Å². The summed E-state index contributed by atoms with van der Waals surface area (Å²) in [5.41, 5.74) is 1.89. The van der Waals surface area contributed by atoms with Gasteiger partial charge < -0.3 is 23.2 Å². The highest BCUT2D eigenvalue weighted by molar-refractivity contribution is 7.45. The topological polar surface area (TPSA) is 84.9 Å². The number of hydrogen-bond acceptors (Lipinski definition) is 6. The molecule has 0 radical (unpaired) electrons. The zero-order chi connectivity index (χ0) is 21.5. The number of hydrogen-bond donors (Lipinski definition) is 0. The van der Waals surface area contributed by atoms with E-state index in [1.54, 1.807) is 0 Å². The van der Waals surface area contributed by atoms with E-state index < -0.39 is 13.8 Å². The van der Waals surface area contributed by atoms with Crippen LogP contribution < -0.4 is 9.63 Å². The van der Waals surface area contributed by atoms with Crippen molar-refractivity contribution >= 4 is 13.8 Å². The van der Waals surface area contributed by atoms with Gasteiger partial charge in [0, 0.05) is 0 Å². The van der Waals surface area contributed by atoms with Crippen LogP contribution in [-0.4, -0.2) is 51.4 Å². The minimum atomic E-state index is -4.44. The highest BCUT2D eigenvalue weighted by Crippen LogP contribution is 2.38. The SMILES string of the molecule is CC(C)c1cccc(C(C)C)c1OC(=O)CCOP(=O)([O-])OCC[N+](C)(C)C. The van der Waals surface area contributed by atoms with E-state index in [1.165, 1.54) is 0 Å². The molecule has 160 valence electrons. The van der Waals surface area contributed by atoms with Gasteiger partial charge >= 0.3 is 5.97 Å². The van der Waals surface area contributed by atoms with Crippen LogP contribution in [-0.2, 0) is 18.4 Å². The van der Waals surface area contributed by atoms with E-state index in [0.717, 1.165) is 11.1 Å². The van der Waals surface area contributed by atoms with Gasteiger partial charge in [-0.3, -0.25) is 9.36 Å². The van der Waals surface area contributed by atoms with Crippen LogP contribution in [0.5, 0.6) is 5.75 Å². The lowest BCUT2D eigenvalue weighted by molar-refractivity contribution is -0.870. The number of rotatable bonds is 11. The Labute approximate surface area is 168 Å². The lowest BCUT2D eigenvalue weighted by atomic mass is 9.94. The summed E-state index contributed by atoms with van der Waals surface area (Å²) < 4.78 is 27.5. The highest BCUT2D eigenvalue weighted by atomic mass is 31.2. The van der Waals surface area contributed by atoms with Gasteiger partial charge in [0.25, 0.3) is 7.82 Å². The quantitative estimate of drug-likeness (QED) is 0.238. The third kappa shape index (κ3) is 8.84. The molecule has 0 amide bonds. The van der Waals surface area contributed by atoms with Crippen molar-refractivity contribution in [2.45, 2.75) is 46.0 Å². The van der Waals surface area contributed by atoms with Crippen molar-refractivity contribution in [2.24, 2.45) is 0 Å². The molecule has 1 atom stereocenters. The van der Waals surface area contributed by atoms with E-state index in [2.05, 4.69) is 0 Å². The number of phosphoric ester groups is 1. The summed E-state index contributed by atoms with van der Waals surface area (Å²) in [7, 11) is 1.35. The van der Waals surface area contributed by atoms with Crippen LogP contribution in [0.2, 0.25) is 0 Å². The Bertz CT molecular complexity index is 670. The van der Waals surface area contributed by atoms with E-state index >= 15 is 0 Å². The van der Waals surface area contributed by atoms with Gasteiger partial charge in [0.15, 0.2) is 0 Å². The number of carbonyl (C=O) groups is 1. The third-order valence-corrected chi connectivity index (χ3v) is 5.10. The second kappa shape index (κ2) is 10.5. The number of nitrogens with zero attached hydrogens (tertiary/aromatic N) is 1. The molecule has 0 saturated carbocycles. The summed E-state index contributed by atoms with van der Waals surface area (Å²) in [4.78, 5) is 24.0. The first-order valence-corrected chi connectivity index (χ1v) is 11.0. The number of benzene rings is 1. The van der Waals surface area contributed by atoms with Gasteiger partial charge in [-0.25, -0.2) is 0 Å². The molecule has 1 aromatic carbocycles. The second-order valence-corrected chi connectivity index (χ2v) is 9.84. The minimum absolute atomic E-state index is 0.0221. The van der Waals surface area contributed by atoms with Gasteiger partial charge in [0.05, 0.1) is 34.2 Å². The van der Waals surface area contributed by atoms with Crippen LogP contribution in [0, 0.1) is 0 Å². The van der Waals surface area contributed by atoms with Gasteiger partial charge in [-0.15, -0.1) is 0 Å². The van der Waals surface area contributed by atoms with Crippen molar-refractivity contribution < 1.29 is 32.5 Å². The van der Waals surface area contributed by atoms with Crippen LogP contribution in [0.4, 0.5) is 0 Å². The Balaban J connectivity index is 2.63. The van der Waals surface area contributed by atoms with Gasteiger partial charge in [-0.2, -0.15) is 0 Å². The summed E-state index contributed by atoms with van der Waals surface area (Å²) in [5, 5.41) is 0. The molecular weight excluding hydrogens is 381 g/mol. The molecule has 0 heterocycles. The standard InChI is InChI=1S/C20H34NO6P/c1-15(2)17-9-8-10-18(16(3)4)20(17)27-19(22)11-13-25-28(23,24)26-14-12-21(5,6)7/h8-10,15-16H,11-14H2,1-7H3. The zero-order valence-corrected chi connectivity index (χ0v) is 19.0. The Kier molecular flexibility index (Phi) is 9.31. The lowest BCUT2D eigenvalue weighted by Gasteiger charge is -2.27. The molecular formula is C20H34NO6P. The highest BCUT2D eigenvalue weighted by Gasteiger charge is 2.19. The van der Waals surface area contributed by atoms with Gasteiger partial charge in [-0.1, -0.05) is 45.9 Å². The van der Waals surface area contributed by atoms with Crippen molar-refractivity contribution in [3.8, 4) is 5.75 Å².